The number of aromatic nitrogens is 1. The van der Waals surface area contributed by atoms with Crippen LogP contribution in [0.2, 0.25) is 0 Å². The molecule has 1 aliphatic carbocycles. The fourth-order valence-electron chi connectivity index (χ4n) is 3.77. The summed E-state index contributed by atoms with van der Waals surface area (Å²) in [6, 6.07) is 4.47. The minimum Gasteiger partial charge on any atom is -0.489 e. The lowest BCUT2D eigenvalue weighted by molar-refractivity contribution is 0.0560. The molecule has 0 bridgehead atoms. The summed E-state index contributed by atoms with van der Waals surface area (Å²) in [6.07, 6.45) is 6.82. The Morgan fingerprint density at radius 1 is 1.38 bits per heavy atom. The Kier molecular flexibility index (Phi) is 5.26. The standard InChI is InChI=1S/C18H30N2O/c1-6-16(19-5)17-8-7-14(12-20-17)21-15-9-13(2)10-18(3,4)11-15/h7-8,12-13,15-16,19H,6,9-11H2,1-5H3. The molecule has 0 aromatic carbocycles. The fraction of sp³-hybridized carbons (Fsp3) is 0.722. The molecule has 21 heavy (non-hydrogen) atoms. The molecule has 1 fully saturated rings. The van der Waals surface area contributed by atoms with Crippen molar-refractivity contribution in [2.24, 2.45) is 11.3 Å². The monoisotopic (exact) mass is 290 g/mol. The molecule has 0 aliphatic heterocycles. The second-order valence-electron chi connectivity index (χ2n) is 7.32. The Labute approximate surface area is 129 Å². The van der Waals surface area contributed by atoms with Gasteiger partial charge in [0.15, 0.2) is 0 Å². The zero-order chi connectivity index (χ0) is 15.5. The third-order valence-electron chi connectivity index (χ3n) is 4.52. The third-order valence-corrected chi connectivity index (χ3v) is 4.52. The van der Waals surface area contributed by atoms with E-state index in [0.717, 1.165) is 36.6 Å². The van der Waals surface area contributed by atoms with Crippen molar-refractivity contribution in [1.82, 2.24) is 10.3 Å². The van der Waals surface area contributed by atoms with Crippen molar-refractivity contribution in [3.8, 4) is 5.75 Å². The Morgan fingerprint density at radius 2 is 2.14 bits per heavy atom. The molecule has 0 saturated heterocycles. The lowest BCUT2D eigenvalue weighted by atomic mass is 9.71. The van der Waals surface area contributed by atoms with Crippen LogP contribution < -0.4 is 10.1 Å². The van der Waals surface area contributed by atoms with Crippen LogP contribution in [0.5, 0.6) is 5.75 Å². The Hall–Kier alpha value is -1.09. The summed E-state index contributed by atoms with van der Waals surface area (Å²) < 4.78 is 6.18. The normalized spacial score (nSPS) is 26.3. The maximum atomic E-state index is 6.18. The van der Waals surface area contributed by atoms with Gasteiger partial charge in [-0.05, 0) is 56.2 Å². The van der Waals surface area contributed by atoms with Crippen molar-refractivity contribution in [1.29, 1.82) is 0 Å². The molecule has 0 radical (unpaired) electrons. The first-order chi connectivity index (χ1) is 9.93. The lowest BCUT2D eigenvalue weighted by Gasteiger charge is -2.38. The zero-order valence-electron chi connectivity index (χ0n) is 14.1. The molecule has 1 saturated carbocycles. The van der Waals surface area contributed by atoms with Gasteiger partial charge in [-0.3, -0.25) is 4.98 Å². The third kappa shape index (κ3) is 4.44. The van der Waals surface area contributed by atoms with Crippen LogP contribution >= 0.6 is 0 Å². The zero-order valence-corrected chi connectivity index (χ0v) is 14.1. The molecule has 3 unspecified atom stereocenters. The molecule has 1 aromatic heterocycles. The molecule has 1 heterocycles. The molecule has 0 amide bonds. The quantitative estimate of drug-likeness (QED) is 0.875. The summed E-state index contributed by atoms with van der Waals surface area (Å²) >= 11 is 0. The highest BCUT2D eigenvalue weighted by Gasteiger charge is 2.33. The Bertz CT molecular complexity index is 437. The van der Waals surface area contributed by atoms with E-state index in [1.54, 1.807) is 0 Å². The topological polar surface area (TPSA) is 34.1 Å². The molecule has 118 valence electrons. The summed E-state index contributed by atoms with van der Waals surface area (Å²) in [5, 5.41) is 3.28. The van der Waals surface area contributed by atoms with Gasteiger partial charge in [-0.2, -0.15) is 0 Å². The van der Waals surface area contributed by atoms with Gasteiger partial charge >= 0.3 is 0 Å². The van der Waals surface area contributed by atoms with Gasteiger partial charge in [0.1, 0.15) is 5.75 Å². The van der Waals surface area contributed by atoms with Gasteiger partial charge in [0, 0.05) is 6.04 Å². The van der Waals surface area contributed by atoms with Crippen LogP contribution in [0.1, 0.15) is 65.1 Å². The highest BCUT2D eigenvalue weighted by molar-refractivity contribution is 5.22. The van der Waals surface area contributed by atoms with Crippen LogP contribution in [0, 0.1) is 11.3 Å². The van der Waals surface area contributed by atoms with Gasteiger partial charge in [-0.25, -0.2) is 0 Å². The number of hydrogen-bond acceptors (Lipinski definition) is 3. The average Bonchev–Trinajstić information content (AvgIpc) is 2.39. The second kappa shape index (κ2) is 6.78. The van der Waals surface area contributed by atoms with Crippen molar-refractivity contribution in [3.63, 3.8) is 0 Å². The molecular weight excluding hydrogens is 260 g/mol. The Balaban J connectivity index is 2.00. The van der Waals surface area contributed by atoms with E-state index in [-0.39, 0.29) is 0 Å². The number of pyridine rings is 1. The van der Waals surface area contributed by atoms with E-state index in [4.69, 9.17) is 4.74 Å². The van der Waals surface area contributed by atoms with Crippen molar-refractivity contribution in [2.45, 2.75) is 65.5 Å². The molecule has 3 atom stereocenters. The molecule has 2 rings (SSSR count). The molecule has 1 aromatic rings. The van der Waals surface area contributed by atoms with Gasteiger partial charge < -0.3 is 10.1 Å². The maximum Gasteiger partial charge on any atom is 0.138 e. The summed E-state index contributed by atoms with van der Waals surface area (Å²) in [5.74, 6) is 1.64. The van der Waals surface area contributed by atoms with Gasteiger partial charge in [-0.15, -0.1) is 0 Å². The fourth-order valence-corrected chi connectivity index (χ4v) is 3.77. The Morgan fingerprint density at radius 3 is 2.67 bits per heavy atom. The molecular formula is C18H30N2O. The largest absolute Gasteiger partial charge is 0.489 e. The van der Waals surface area contributed by atoms with Crippen molar-refractivity contribution >= 4 is 0 Å². The summed E-state index contributed by atoms with van der Waals surface area (Å²) in [6.45, 7) is 9.19. The van der Waals surface area contributed by atoms with Crippen LogP contribution in [0.25, 0.3) is 0 Å². The SMILES string of the molecule is CCC(NC)c1ccc(OC2CC(C)CC(C)(C)C2)cn1. The maximum absolute atomic E-state index is 6.18. The predicted octanol–water partition coefficient (Wildman–Crippen LogP) is 4.35. The van der Waals surface area contributed by atoms with Crippen molar-refractivity contribution < 1.29 is 4.74 Å². The van der Waals surface area contributed by atoms with Gasteiger partial charge in [-0.1, -0.05) is 27.7 Å². The molecule has 3 nitrogen and oxygen atoms in total. The average molecular weight is 290 g/mol. The van der Waals surface area contributed by atoms with Crippen LogP contribution in [0.4, 0.5) is 0 Å². The van der Waals surface area contributed by atoms with E-state index in [2.05, 4.69) is 50.1 Å². The smallest absolute Gasteiger partial charge is 0.138 e. The lowest BCUT2D eigenvalue weighted by Crippen LogP contribution is -2.34. The highest BCUT2D eigenvalue weighted by Crippen LogP contribution is 2.39. The van der Waals surface area contributed by atoms with E-state index >= 15 is 0 Å². The van der Waals surface area contributed by atoms with Gasteiger partial charge in [0.05, 0.1) is 18.0 Å². The second-order valence-corrected chi connectivity index (χ2v) is 7.32. The predicted molar refractivity (Wildman–Crippen MR) is 87.5 cm³/mol. The van der Waals surface area contributed by atoms with Gasteiger partial charge in [0.25, 0.3) is 0 Å². The molecule has 3 heteroatoms. The number of rotatable bonds is 5. The number of nitrogens with zero attached hydrogens (tertiary/aromatic N) is 1. The number of hydrogen-bond donors (Lipinski definition) is 1. The van der Waals surface area contributed by atoms with Gasteiger partial charge in [0.2, 0.25) is 0 Å². The number of ether oxygens (including phenoxy) is 1. The summed E-state index contributed by atoms with van der Waals surface area (Å²) in [5.41, 5.74) is 1.47. The first kappa shape index (κ1) is 16.3. The minimum absolute atomic E-state index is 0.322. The van der Waals surface area contributed by atoms with E-state index in [9.17, 15) is 0 Å². The molecule has 1 aliphatic rings. The van der Waals surface area contributed by atoms with E-state index in [1.165, 1.54) is 6.42 Å². The summed E-state index contributed by atoms with van der Waals surface area (Å²) in [4.78, 5) is 4.55. The first-order valence-electron chi connectivity index (χ1n) is 8.23. The van der Waals surface area contributed by atoms with Crippen LogP contribution in [-0.2, 0) is 0 Å². The van der Waals surface area contributed by atoms with Crippen LogP contribution in [0.3, 0.4) is 0 Å². The van der Waals surface area contributed by atoms with E-state index < -0.39 is 0 Å². The van der Waals surface area contributed by atoms with Crippen LogP contribution in [-0.4, -0.2) is 18.1 Å². The van der Waals surface area contributed by atoms with Crippen LogP contribution in [0.15, 0.2) is 18.3 Å². The number of nitrogens with one attached hydrogen (secondary N) is 1. The highest BCUT2D eigenvalue weighted by atomic mass is 16.5. The molecule has 0 spiro atoms. The van der Waals surface area contributed by atoms with E-state index in [0.29, 0.717) is 17.6 Å². The van der Waals surface area contributed by atoms with E-state index in [1.807, 2.05) is 13.2 Å². The summed E-state index contributed by atoms with van der Waals surface area (Å²) in [7, 11) is 1.98. The molecule has 1 N–H and O–H groups in total. The van der Waals surface area contributed by atoms with Crippen molar-refractivity contribution in [2.75, 3.05) is 7.05 Å². The first-order valence-corrected chi connectivity index (χ1v) is 8.23. The van der Waals surface area contributed by atoms with Crippen molar-refractivity contribution in [3.05, 3.63) is 24.0 Å². The minimum atomic E-state index is 0.322.